The van der Waals surface area contributed by atoms with Crippen LogP contribution in [-0.2, 0) is 22.2 Å². The summed E-state index contributed by atoms with van der Waals surface area (Å²) in [4.78, 5) is 17.0. The number of hydrogen-bond acceptors (Lipinski definition) is 6. The van der Waals surface area contributed by atoms with Gasteiger partial charge >= 0.3 is 0 Å². The average Bonchev–Trinajstić information content (AvgIpc) is 3.13. The highest BCUT2D eigenvalue weighted by atomic mass is 32.1. The topological polar surface area (TPSA) is 88.2 Å². The molecule has 0 aliphatic rings. The highest BCUT2D eigenvalue weighted by molar-refractivity contribution is 7.10. The molecule has 0 aliphatic carbocycles. The van der Waals surface area contributed by atoms with Crippen LogP contribution in [0, 0.1) is 0 Å². The Morgan fingerprint density at radius 3 is 2.70 bits per heavy atom. The molecule has 0 aliphatic heterocycles. The van der Waals surface area contributed by atoms with Crippen LogP contribution in [0.3, 0.4) is 0 Å². The lowest BCUT2D eigenvalue weighted by atomic mass is 9.96. The molecule has 2 aromatic rings. The average molecular weight is 337 g/mol. The van der Waals surface area contributed by atoms with E-state index >= 15 is 0 Å². The highest BCUT2D eigenvalue weighted by Gasteiger charge is 2.25. The molecule has 0 aromatic carbocycles. The van der Waals surface area contributed by atoms with Gasteiger partial charge in [0.1, 0.15) is 5.60 Å². The zero-order chi connectivity index (χ0) is 17.1. The minimum absolute atomic E-state index is 0.155. The molecule has 0 fully saturated rings. The Labute approximate surface area is 139 Å². The van der Waals surface area contributed by atoms with Crippen LogP contribution in [-0.4, -0.2) is 27.7 Å². The first-order valence-corrected chi connectivity index (χ1v) is 8.42. The number of aromatic nitrogens is 2. The number of nitrogens with zero attached hydrogens (tertiary/aromatic N) is 2. The Kier molecular flexibility index (Phi) is 5.21. The normalized spacial score (nSPS) is 14.5. The van der Waals surface area contributed by atoms with E-state index in [9.17, 15) is 9.90 Å². The maximum atomic E-state index is 11.9. The van der Waals surface area contributed by atoms with Gasteiger partial charge in [0.2, 0.25) is 11.8 Å². The largest absolute Gasteiger partial charge is 0.383 e. The summed E-state index contributed by atoms with van der Waals surface area (Å²) in [6.07, 6.45) is 0.627. The van der Waals surface area contributed by atoms with Crippen molar-refractivity contribution < 1.29 is 14.4 Å². The summed E-state index contributed by atoms with van der Waals surface area (Å²) >= 11 is 1.46. The minimum Gasteiger partial charge on any atom is -0.383 e. The molecular formula is C16H23N3O3S. The molecule has 2 heterocycles. The number of amides is 1. The van der Waals surface area contributed by atoms with Gasteiger partial charge in [-0.05, 0) is 18.4 Å². The summed E-state index contributed by atoms with van der Waals surface area (Å²) in [7, 11) is 0. The van der Waals surface area contributed by atoms with Crippen molar-refractivity contribution in [2.45, 2.75) is 51.6 Å². The van der Waals surface area contributed by atoms with Crippen molar-refractivity contribution in [1.82, 2.24) is 15.5 Å². The van der Waals surface area contributed by atoms with Crippen LogP contribution in [0.25, 0.3) is 0 Å². The summed E-state index contributed by atoms with van der Waals surface area (Å²) in [5, 5.41) is 18.9. The molecule has 7 heteroatoms. The third-order valence-electron chi connectivity index (χ3n) is 3.39. The van der Waals surface area contributed by atoms with Gasteiger partial charge in [0.25, 0.3) is 0 Å². The Morgan fingerprint density at radius 2 is 2.13 bits per heavy atom. The van der Waals surface area contributed by atoms with Gasteiger partial charge in [-0.2, -0.15) is 4.98 Å². The van der Waals surface area contributed by atoms with Crippen molar-refractivity contribution in [3.05, 3.63) is 34.1 Å². The van der Waals surface area contributed by atoms with Crippen LogP contribution in [0.4, 0.5) is 0 Å². The van der Waals surface area contributed by atoms with Crippen LogP contribution in [0.1, 0.15) is 50.7 Å². The molecule has 2 aromatic heterocycles. The van der Waals surface area contributed by atoms with Gasteiger partial charge in [0.05, 0.1) is 6.54 Å². The van der Waals surface area contributed by atoms with Gasteiger partial charge < -0.3 is 14.9 Å². The molecule has 2 rings (SSSR count). The maximum Gasteiger partial charge on any atom is 0.227 e. The molecule has 1 unspecified atom stereocenters. The highest BCUT2D eigenvalue weighted by Crippen LogP contribution is 2.24. The number of aliphatic hydroxyl groups is 1. The summed E-state index contributed by atoms with van der Waals surface area (Å²) in [5.41, 5.74) is -1.24. The molecule has 126 valence electrons. The molecule has 0 saturated carbocycles. The molecule has 0 spiro atoms. The van der Waals surface area contributed by atoms with Gasteiger partial charge in [-0.25, -0.2) is 0 Å². The predicted molar refractivity (Wildman–Crippen MR) is 88.2 cm³/mol. The first-order valence-electron chi connectivity index (χ1n) is 7.54. The van der Waals surface area contributed by atoms with Gasteiger partial charge in [0, 0.05) is 23.1 Å². The zero-order valence-corrected chi connectivity index (χ0v) is 14.7. The Hall–Kier alpha value is -1.73. The van der Waals surface area contributed by atoms with Crippen molar-refractivity contribution in [1.29, 1.82) is 0 Å². The SMILES string of the molecule is CC(C)(C)c1noc(CCC(=O)NCC(C)(O)c2cccs2)n1. The van der Waals surface area contributed by atoms with E-state index in [0.717, 1.165) is 4.88 Å². The van der Waals surface area contributed by atoms with Crippen LogP contribution in [0.5, 0.6) is 0 Å². The van der Waals surface area contributed by atoms with E-state index in [1.807, 2.05) is 38.3 Å². The van der Waals surface area contributed by atoms with E-state index < -0.39 is 5.60 Å². The van der Waals surface area contributed by atoms with E-state index in [1.165, 1.54) is 11.3 Å². The number of carbonyl (C=O) groups is 1. The number of carbonyl (C=O) groups excluding carboxylic acids is 1. The van der Waals surface area contributed by atoms with Crippen molar-refractivity contribution in [3.63, 3.8) is 0 Å². The molecule has 6 nitrogen and oxygen atoms in total. The standard InChI is InChI=1S/C16H23N3O3S/c1-15(2,3)14-18-13(22-19-14)8-7-12(20)17-10-16(4,21)11-6-5-9-23-11/h5-6,9,21H,7-8,10H2,1-4H3,(H,17,20). The lowest BCUT2D eigenvalue weighted by Gasteiger charge is -2.22. The summed E-state index contributed by atoms with van der Waals surface area (Å²) in [6.45, 7) is 7.86. The lowest BCUT2D eigenvalue weighted by molar-refractivity contribution is -0.122. The number of hydrogen-bond donors (Lipinski definition) is 2. The van der Waals surface area contributed by atoms with Gasteiger partial charge in [-0.15, -0.1) is 11.3 Å². The van der Waals surface area contributed by atoms with Crippen molar-refractivity contribution >= 4 is 17.2 Å². The van der Waals surface area contributed by atoms with Gasteiger partial charge in [-0.3, -0.25) is 4.79 Å². The van der Waals surface area contributed by atoms with Gasteiger partial charge in [0.15, 0.2) is 5.82 Å². The Morgan fingerprint density at radius 1 is 1.39 bits per heavy atom. The van der Waals surface area contributed by atoms with Crippen LogP contribution in [0.2, 0.25) is 0 Å². The fourth-order valence-electron chi connectivity index (χ4n) is 1.91. The first kappa shape index (κ1) is 17.6. The Balaban J connectivity index is 1.80. The van der Waals surface area contributed by atoms with Crippen molar-refractivity contribution in [2.75, 3.05) is 6.54 Å². The number of aryl methyl sites for hydroxylation is 1. The molecular weight excluding hydrogens is 314 g/mol. The minimum atomic E-state index is -1.06. The molecule has 1 amide bonds. The van der Waals surface area contributed by atoms with Crippen molar-refractivity contribution in [3.8, 4) is 0 Å². The number of nitrogens with one attached hydrogen (secondary N) is 1. The maximum absolute atomic E-state index is 11.9. The third kappa shape index (κ3) is 4.87. The first-order chi connectivity index (χ1) is 10.7. The van der Waals surface area contributed by atoms with E-state index in [0.29, 0.717) is 18.1 Å². The third-order valence-corrected chi connectivity index (χ3v) is 4.51. The second-order valence-corrected chi connectivity index (χ2v) is 7.74. The quantitative estimate of drug-likeness (QED) is 0.845. The van der Waals surface area contributed by atoms with E-state index in [4.69, 9.17) is 4.52 Å². The molecule has 1 atom stereocenters. The molecule has 0 radical (unpaired) electrons. The smallest absolute Gasteiger partial charge is 0.227 e. The number of rotatable bonds is 6. The van der Waals surface area contributed by atoms with E-state index in [2.05, 4.69) is 15.5 Å². The molecule has 0 bridgehead atoms. The summed E-state index contributed by atoms with van der Waals surface area (Å²) < 4.78 is 5.16. The fraction of sp³-hybridized carbons (Fsp3) is 0.562. The fourth-order valence-corrected chi connectivity index (χ4v) is 2.70. The van der Waals surface area contributed by atoms with Gasteiger partial charge in [-0.1, -0.05) is 32.0 Å². The van der Waals surface area contributed by atoms with Crippen LogP contribution in [0.15, 0.2) is 22.0 Å². The summed E-state index contributed by atoms with van der Waals surface area (Å²) in [6, 6.07) is 3.72. The van der Waals surface area contributed by atoms with Crippen molar-refractivity contribution in [2.24, 2.45) is 0 Å². The number of thiophene rings is 1. The molecule has 2 N–H and O–H groups in total. The Bertz CT molecular complexity index is 642. The monoisotopic (exact) mass is 337 g/mol. The van der Waals surface area contributed by atoms with E-state index in [-0.39, 0.29) is 24.3 Å². The molecule has 0 saturated heterocycles. The summed E-state index contributed by atoms with van der Waals surface area (Å²) in [5.74, 6) is 0.931. The zero-order valence-electron chi connectivity index (χ0n) is 13.9. The van der Waals surface area contributed by atoms with Crippen LogP contribution >= 0.6 is 11.3 Å². The van der Waals surface area contributed by atoms with Crippen LogP contribution < -0.4 is 5.32 Å². The lowest BCUT2D eigenvalue weighted by Crippen LogP contribution is -2.38. The second kappa shape index (κ2) is 6.80. The molecule has 23 heavy (non-hydrogen) atoms. The van der Waals surface area contributed by atoms with E-state index in [1.54, 1.807) is 6.92 Å². The second-order valence-electron chi connectivity index (χ2n) is 6.79. The predicted octanol–water partition coefficient (Wildman–Crippen LogP) is 2.39.